The van der Waals surface area contributed by atoms with Crippen LogP contribution in [0.15, 0.2) is 72.8 Å². The molecule has 0 saturated carbocycles. The second-order valence-corrected chi connectivity index (χ2v) is 7.59. The molecule has 1 aliphatic carbocycles. The van der Waals surface area contributed by atoms with Gasteiger partial charge >= 0.3 is 0 Å². The van der Waals surface area contributed by atoms with Gasteiger partial charge in [0.1, 0.15) is 5.75 Å². The summed E-state index contributed by atoms with van der Waals surface area (Å²) >= 11 is 0. The lowest BCUT2D eigenvalue weighted by Crippen LogP contribution is -2.32. The maximum Gasteiger partial charge on any atom is 0.265 e. The summed E-state index contributed by atoms with van der Waals surface area (Å²) in [6, 6.07) is 24.5. The molecule has 0 unspecified atom stereocenters. The van der Waals surface area contributed by atoms with Gasteiger partial charge < -0.3 is 10.1 Å². The number of amides is 1. The van der Waals surface area contributed by atoms with Gasteiger partial charge in [-0.1, -0.05) is 67.6 Å². The Morgan fingerprint density at radius 2 is 1.62 bits per heavy atom. The van der Waals surface area contributed by atoms with Crippen LogP contribution in [0.5, 0.6) is 5.75 Å². The fourth-order valence-corrected chi connectivity index (χ4v) is 4.34. The van der Waals surface area contributed by atoms with E-state index >= 15 is 0 Å². The van der Waals surface area contributed by atoms with Crippen molar-refractivity contribution in [3.8, 4) is 5.75 Å². The van der Waals surface area contributed by atoms with Crippen molar-refractivity contribution in [3.05, 3.63) is 83.9 Å². The van der Waals surface area contributed by atoms with Crippen LogP contribution in [-0.4, -0.2) is 12.0 Å². The fraction of sp³-hybridized carbons (Fsp3) is 0.192. The molecule has 0 radical (unpaired) electrons. The zero-order chi connectivity index (χ0) is 19.8. The Hall–Kier alpha value is -3.33. The minimum Gasteiger partial charge on any atom is -0.480 e. The lowest BCUT2D eigenvalue weighted by Gasteiger charge is -2.19. The highest BCUT2D eigenvalue weighted by atomic mass is 16.5. The summed E-state index contributed by atoms with van der Waals surface area (Å²) in [6.45, 7) is 1.98. The van der Waals surface area contributed by atoms with Gasteiger partial charge in [0.25, 0.3) is 5.91 Å². The average Bonchev–Trinajstić information content (AvgIpc) is 3.18. The first-order chi connectivity index (χ1) is 14.2. The Kier molecular flexibility index (Phi) is 4.44. The number of fused-ring (bicyclic) bond motifs is 1. The molecule has 0 aliphatic heterocycles. The molecule has 0 heterocycles. The number of anilines is 1. The largest absolute Gasteiger partial charge is 0.480 e. The highest BCUT2D eigenvalue weighted by Crippen LogP contribution is 2.35. The maximum absolute atomic E-state index is 13.1. The Bertz CT molecular complexity index is 1210. The smallest absolute Gasteiger partial charge is 0.265 e. The molecule has 0 aromatic heterocycles. The number of nitrogens with one attached hydrogen (secondary N) is 1. The van der Waals surface area contributed by atoms with Crippen molar-refractivity contribution in [1.82, 2.24) is 0 Å². The lowest BCUT2D eigenvalue weighted by atomic mass is 10.0. The van der Waals surface area contributed by atoms with E-state index in [1.807, 2.05) is 43.3 Å². The number of carbonyl (C=O) groups is 1. The fourth-order valence-electron chi connectivity index (χ4n) is 4.34. The number of rotatable bonds is 5. The molecule has 144 valence electrons. The SMILES string of the molecule is CC[C@H](Oc1cccc2ccccc12)C(=O)Nc1ccc2c3c(cccc13)CC2. The zero-order valence-electron chi connectivity index (χ0n) is 16.4. The summed E-state index contributed by atoms with van der Waals surface area (Å²) in [5, 5.41) is 7.66. The molecule has 5 rings (SSSR count). The third-order valence-electron chi connectivity index (χ3n) is 5.82. The standard InChI is InChI=1S/C26H23NO2/c1-2-23(29-24-12-6-8-17-7-3-4-10-20(17)24)26(28)27-22-16-15-19-14-13-18-9-5-11-21(22)25(18)19/h3-12,15-16,23H,2,13-14H2,1H3,(H,27,28)/t23-/m0/s1. The number of aryl methyl sites for hydroxylation is 2. The molecule has 1 atom stereocenters. The second-order valence-electron chi connectivity index (χ2n) is 7.59. The summed E-state index contributed by atoms with van der Waals surface area (Å²) in [5.74, 6) is 0.629. The minimum absolute atomic E-state index is 0.112. The molecule has 3 nitrogen and oxygen atoms in total. The molecular weight excluding hydrogens is 358 g/mol. The van der Waals surface area contributed by atoms with Gasteiger partial charge in [-0.2, -0.15) is 0 Å². The average molecular weight is 381 g/mol. The molecule has 0 bridgehead atoms. The van der Waals surface area contributed by atoms with E-state index in [-0.39, 0.29) is 5.91 Å². The van der Waals surface area contributed by atoms with Crippen molar-refractivity contribution in [3.63, 3.8) is 0 Å². The number of hydrogen-bond acceptors (Lipinski definition) is 2. The molecule has 1 amide bonds. The Balaban J connectivity index is 1.43. The van der Waals surface area contributed by atoms with Gasteiger partial charge in [0, 0.05) is 16.5 Å². The molecule has 0 fully saturated rings. The van der Waals surface area contributed by atoms with Crippen molar-refractivity contribution >= 4 is 33.1 Å². The van der Waals surface area contributed by atoms with Crippen LogP contribution in [0.3, 0.4) is 0 Å². The first-order valence-electron chi connectivity index (χ1n) is 10.2. The van der Waals surface area contributed by atoms with Crippen LogP contribution in [0.1, 0.15) is 24.5 Å². The number of hydrogen-bond donors (Lipinski definition) is 1. The monoisotopic (exact) mass is 381 g/mol. The van der Waals surface area contributed by atoms with Crippen LogP contribution in [0.2, 0.25) is 0 Å². The van der Waals surface area contributed by atoms with Crippen LogP contribution >= 0.6 is 0 Å². The van der Waals surface area contributed by atoms with E-state index in [2.05, 4.69) is 41.7 Å². The third kappa shape index (κ3) is 3.13. The molecular formula is C26H23NO2. The van der Waals surface area contributed by atoms with Crippen molar-refractivity contribution < 1.29 is 9.53 Å². The molecule has 4 aromatic carbocycles. The third-order valence-corrected chi connectivity index (χ3v) is 5.82. The lowest BCUT2D eigenvalue weighted by molar-refractivity contribution is -0.122. The predicted molar refractivity (Wildman–Crippen MR) is 119 cm³/mol. The van der Waals surface area contributed by atoms with Crippen LogP contribution in [0, 0.1) is 0 Å². The van der Waals surface area contributed by atoms with Gasteiger partial charge in [-0.15, -0.1) is 0 Å². The molecule has 1 N–H and O–H groups in total. The normalized spacial score (nSPS) is 13.6. The first kappa shape index (κ1) is 17.7. The summed E-state index contributed by atoms with van der Waals surface area (Å²) in [7, 11) is 0. The zero-order valence-corrected chi connectivity index (χ0v) is 16.4. The maximum atomic E-state index is 13.1. The van der Waals surface area contributed by atoms with E-state index in [9.17, 15) is 4.79 Å². The molecule has 0 spiro atoms. The van der Waals surface area contributed by atoms with Crippen LogP contribution in [-0.2, 0) is 17.6 Å². The Morgan fingerprint density at radius 3 is 2.48 bits per heavy atom. The Morgan fingerprint density at radius 1 is 0.897 bits per heavy atom. The van der Waals surface area contributed by atoms with E-state index in [1.54, 1.807) is 0 Å². The van der Waals surface area contributed by atoms with Crippen LogP contribution in [0.25, 0.3) is 21.5 Å². The predicted octanol–water partition coefficient (Wildman–Crippen LogP) is 5.89. The summed E-state index contributed by atoms with van der Waals surface area (Å²) in [5.41, 5.74) is 3.60. The summed E-state index contributed by atoms with van der Waals surface area (Å²) in [6.07, 6.45) is 2.19. The van der Waals surface area contributed by atoms with Gasteiger partial charge in [0.15, 0.2) is 6.10 Å². The van der Waals surface area contributed by atoms with E-state index in [0.717, 1.165) is 40.4 Å². The van der Waals surface area contributed by atoms with E-state index in [0.29, 0.717) is 6.42 Å². The van der Waals surface area contributed by atoms with Gasteiger partial charge in [0.2, 0.25) is 0 Å². The molecule has 0 saturated heterocycles. The van der Waals surface area contributed by atoms with E-state index in [4.69, 9.17) is 4.74 Å². The molecule has 4 aromatic rings. The Labute approximate surface area is 170 Å². The number of benzene rings is 4. The van der Waals surface area contributed by atoms with Crippen molar-refractivity contribution in [2.75, 3.05) is 5.32 Å². The van der Waals surface area contributed by atoms with Gasteiger partial charge in [-0.05, 0) is 53.3 Å². The van der Waals surface area contributed by atoms with Crippen molar-refractivity contribution in [1.29, 1.82) is 0 Å². The summed E-state index contributed by atoms with van der Waals surface area (Å²) in [4.78, 5) is 13.1. The van der Waals surface area contributed by atoms with Gasteiger partial charge in [-0.3, -0.25) is 4.79 Å². The van der Waals surface area contributed by atoms with Crippen molar-refractivity contribution in [2.45, 2.75) is 32.3 Å². The quantitative estimate of drug-likeness (QED) is 0.468. The highest BCUT2D eigenvalue weighted by molar-refractivity contribution is 6.06. The molecule has 29 heavy (non-hydrogen) atoms. The highest BCUT2D eigenvalue weighted by Gasteiger charge is 2.22. The topological polar surface area (TPSA) is 38.3 Å². The number of ether oxygens (including phenoxy) is 1. The van der Waals surface area contributed by atoms with Crippen LogP contribution in [0.4, 0.5) is 5.69 Å². The van der Waals surface area contributed by atoms with Gasteiger partial charge in [-0.25, -0.2) is 0 Å². The van der Waals surface area contributed by atoms with Crippen LogP contribution < -0.4 is 10.1 Å². The molecule has 3 heteroatoms. The second kappa shape index (κ2) is 7.25. The van der Waals surface area contributed by atoms with E-state index < -0.39 is 6.10 Å². The van der Waals surface area contributed by atoms with Crippen molar-refractivity contribution in [2.24, 2.45) is 0 Å². The first-order valence-corrected chi connectivity index (χ1v) is 10.2. The van der Waals surface area contributed by atoms with E-state index in [1.165, 1.54) is 16.5 Å². The van der Waals surface area contributed by atoms with Gasteiger partial charge in [0.05, 0.1) is 0 Å². The number of carbonyl (C=O) groups excluding carboxylic acids is 1. The summed E-state index contributed by atoms with van der Waals surface area (Å²) < 4.78 is 6.17. The molecule has 1 aliphatic rings. The minimum atomic E-state index is -0.552.